The molecule has 0 radical (unpaired) electrons. The molecule has 20 atom stereocenters. The number of hydrogen-bond acceptors (Lipinski definition) is 15. The standard InChI is InChI=1S/C49H75NO14/c1-12-26(2)43-29(5)18-19-48(62-43)24-36-21-35(61-48)17-16-28(4)42(27(3)14-13-15-34-25-55-46-41(51)30(6)20-31(7)49(34,46)63-47(52)58-36)59-39-22-37(53-10)44(32(8)56-39)60-40-23-38(54-11)45(64-50)33(9)57-40/h13-16,18-20,26-27,29,31-33,35-46,51H,12,17,21-25,50H2,1-11H3/b14-13+,28-16+,34-15+/t26-,27+,29+,31-,32+,33+,35-,36+,37+,38+,39+,40+,41-,42+,43-,44+,45+,46-,48-,49+/m1/s1. The van der Waals surface area contributed by atoms with Gasteiger partial charge in [-0.2, -0.15) is 0 Å². The number of carbonyl (C=O) groups excluding carboxylic acids is 1. The summed E-state index contributed by atoms with van der Waals surface area (Å²) >= 11 is 0. The van der Waals surface area contributed by atoms with Crippen molar-refractivity contribution in [3.05, 3.63) is 59.3 Å². The van der Waals surface area contributed by atoms with Crippen LogP contribution in [0, 0.1) is 23.7 Å². The van der Waals surface area contributed by atoms with Gasteiger partial charge in [-0.3, -0.25) is 4.84 Å². The van der Waals surface area contributed by atoms with Crippen LogP contribution in [0.4, 0.5) is 4.79 Å². The van der Waals surface area contributed by atoms with Crippen LogP contribution in [0.1, 0.15) is 101 Å². The topological polar surface area (TPSA) is 174 Å². The Kier molecular flexibility index (Phi) is 16.0. The quantitative estimate of drug-likeness (QED) is 0.139. The van der Waals surface area contributed by atoms with E-state index in [-0.39, 0.29) is 60.8 Å². The van der Waals surface area contributed by atoms with Crippen molar-refractivity contribution in [3.63, 3.8) is 0 Å². The highest BCUT2D eigenvalue weighted by Crippen LogP contribution is 2.48. The van der Waals surface area contributed by atoms with E-state index in [0.717, 1.165) is 23.1 Å². The first kappa shape index (κ1) is 49.4. The van der Waals surface area contributed by atoms with E-state index in [4.69, 9.17) is 62.8 Å². The number of aliphatic hydroxyl groups excluding tert-OH is 1. The third kappa shape index (κ3) is 10.2. The molecule has 7 aliphatic rings. The fraction of sp³-hybridized carbons (Fsp3) is 0.776. The average Bonchev–Trinajstić information content (AvgIpc) is 3.63. The molecule has 7 rings (SSSR count). The molecule has 0 unspecified atom stereocenters. The predicted molar refractivity (Wildman–Crippen MR) is 235 cm³/mol. The summed E-state index contributed by atoms with van der Waals surface area (Å²) in [5.74, 6) is 4.45. The van der Waals surface area contributed by atoms with Crippen LogP contribution in [0.25, 0.3) is 0 Å². The van der Waals surface area contributed by atoms with E-state index in [0.29, 0.717) is 32.1 Å². The fourth-order valence-corrected chi connectivity index (χ4v) is 11.1. The number of carbonyl (C=O) groups is 1. The first-order chi connectivity index (χ1) is 30.5. The van der Waals surface area contributed by atoms with Crippen LogP contribution in [0.5, 0.6) is 0 Å². The molecule has 6 heterocycles. The summed E-state index contributed by atoms with van der Waals surface area (Å²) in [5.41, 5.74) is 1.19. The molecule has 4 fully saturated rings. The molecule has 6 aliphatic heterocycles. The van der Waals surface area contributed by atoms with Gasteiger partial charge in [-0.25, -0.2) is 10.7 Å². The summed E-state index contributed by atoms with van der Waals surface area (Å²) in [5, 5.41) is 11.4. The van der Waals surface area contributed by atoms with Gasteiger partial charge in [0, 0.05) is 63.2 Å². The summed E-state index contributed by atoms with van der Waals surface area (Å²) in [6.45, 7) is 18.6. The van der Waals surface area contributed by atoms with Gasteiger partial charge in [-0.05, 0) is 57.3 Å². The van der Waals surface area contributed by atoms with Gasteiger partial charge in [0.25, 0.3) is 0 Å². The maximum Gasteiger partial charge on any atom is 0.509 e. The maximum atomic E-state index is 14.1. The predicted octanol–water partition coefficient (Wildman–Crippen LogP) is 6.91. The Balaban J connectivity index is 1.18. The van der Waals surface area contributed by atoms with E-state index in [2.05, 4.69) is 52.8 Å². The second-order valence-electron chi connectivity index (χ2n) is 19.4. The Hall–Kier alpha value is -2.51. The van der Waals surface area contributed by atoms with Crippen LogP contribution >= 0.6 is 0 Å². The SMILES string of the molecule is CC[C@@H](C)[C@H]1O[C@]2(C=C[C@@H]1C)C[C@@H]1C[C@@H](C/C=C(\C)[C@@H](O[C@H]3C[C@H](OC)[C@@H](O[C@H]4C[C@H](OC)[C@@H](ON)[C@H](C)O4)[C@H](C)O3)[C@@H](C)/C=C/C=C3\CO[C@@H]4[C@H](O)C(C)=C[C@@H](C)[C@]34OC(=O)O1)O2. The van der Waals surface area contributed by atoms with Crippen molar-refractivity contribution in [2.24, 2.45) is 29.6 Å². The van der Waals surface area contributed by atoms with Crippen LogP contribution in [0.15, 0.2) is 59.3 Å². The van der Waals surface area contributed by atoms with Crippen molar-refractivity contribution in [1.82, 2.24) is 0 Å². The van der Waals surface area contributed by atoms with Gasteiger partial charge in [0.2, 0.25) is 0 Å². The van der Waals surface area contributed by atoms with Crippen molar-refractivity contribution in [2.45, 2.75) is 198 Å². The summed E-state index contributed by atoms with van der Waals surface area (Å²) < 4.78 is 70.8. The number of ether oxygens (including phenoxy) is 11. The van der Waals surface area contributed by atoms with Crippen LogP contribution in [-0.4, -0.2) is 129 Å². The molecule has 64 heavy (non-hydrogen) atoms. The molecule has 3 N–H and O–H groups in total. The monoisotopic (exact) mass is 902 g/mol. The van der Waals surface area contributed by atoms with Gasteiger partial charge in [-0.1, -0.05) is 77.5 Å². The van der Waals surface area contributed by atoms with Gasteiger partial charge in [0.15, 0.2) is 24.0 Å². The number of methoxy groups -OCH3 is 2. The lowest BCUT2D eigenvalue weighted by atomic mass is 9.71. The fourth-order valence-electron chi connectivity index (χ4n) is 11.1. The minimum Gasteiger partial charge on any atom is -0.431 e. The van der Waals surface area contributed by atoms with E-state index < -0.39 is 72.9 Å². The summed E-state index contributed by atoms with van der Waals surface area (Å²) in [6, 6.07) is 0. The van der Waals surface area contributed by atoms with Gasteiger partial charge in [0.1, 0.15) is 30.5 Å². The van der Waals surface area contributed by atoms with E-state index in [1.54, 1.807) is 14.2 Å². The zero-order valence-corrected chi connectivity index (χ0v) is 39.7. The molecule has 2 bridgehead atoms. The van der Waals surface area contributed by atoms with E-state index in [9.17, 15) is 9.90 Å². The highest BCUT2D eigenvalue weighted by Gasteiger charge is 2.60. The molecular weight excluding hydrogens is 827 g/mol. The van der Waals surface area contributed by atoms with Gasteiger partial charge in [-0.15, -0.1) is 0 Å². The molecule has 0 amide bonds. The minimum absolute atomic E-state index is 0.0811. The first-order valence-corrected chi connectivity index (χ1v) is 23.5. The first-order valence-electron chi connectivity index (χ1n) is 23.5. The minimum atomic E-state index is -1.29. The lowest BCUT2D eigenvalue weighted by Crippen LogP contribution is -2.57. The molecular formula is C49H75NO14. The molecule has 0 aromatic heterocycles. The zero-order chi connectivity index (χ0) is 46.1. The van der Waals surface area contributed by atoms with Gasteiger partial charge in [0.05, 0.1) is 49.3 Å². The molecule has 1 aliphatic carbocycles. The lowest BCUT2D eigenvalue weighted by molar-refractivity contribution is -0.321. The molecule has 0 aromatic carbocycles. The van der Waals surface area contributed by atoms with Crippen LogP contribution in [-0.2, 0) is 56.9 Å². The third-order valence-electron chi connectivity index (χ3n) is 14.9. The third-order valence-corrected chi connectivity index (χ3v) is 14.9. The van der Waals surface area contributed by atoms with Crippen LogP contribution < -0.4 is 5.90 Å². The van der Waals surface area contributed by atoms with E-state index >= 15 is 0 Å². The molecule has 0 saturated carbocycles. The highest BCUT2D eigenvalue weighted by atomic mass is 16.8. The van der Waals surface area contributed by atoms with Crippen molar-refractivity contribution < 1.29 is 66.8 Å². The number of hydrogen-bond donors (Lipinski definition) is 2. The van der Waals surface area contributed by atoms with Crippen LogP contribution in [0.3, 0.4) is 0 Å². The zero-order valence-electron chi connectivity index (χ0n) is 39.7. The van der Waals surface area contributed by atoms with Gasteiger partial charge >= 0.3 is 6.16 Å². The summed E-state index contributed by atoms with van der Waals surface area (Å²) in [4.78, 5) is 19.3. The van der Waals surface area contributed by atoms with Crippen molar-refractivity contribution in [1.29, 1.82) is 0 Å². The normalized spacial score (nSPS) is 48.0. The lowest BCUT2D eigenvalue weighted by Gasteiger charge is -2.48. The molecule has 2 spiro atoms. The number of rotatable bonds is 9. The second kappa shape index (κ2) is 20.8. The number of allylic oxidation sites excluding steroid dienone is 2. The van der Waals surface area contributed by atoms with Crippen molar-refractivity contribution in [2.75, 3.05) is 20.8 Å². The summed E-state index contributed by atoms with van der Waals surface area (Å²) in [6.07, 6.45) is 9.69. The average molecular weight is 902 g/mol. The smallest absolute Gasteiger partial charge is 0.431 e. The number of fused-ring (bicyclic) bond motifs is 2. The molecule has 0 aromatic rings. The Morgan fingerprint density at radius 3 is 2.27 bits per heavy atom. The molecule has 360 valence electrons. The Bertz CT molecular complexity index is 1770. The molecule has 15 nitrogen and oxygen atoms in total. The van der Waals surface area contributed by atoms with Crippen LogP contribution in [0.2, 0.25) is 0 Å². The number of aliphatic hydroxyl groups is 1. The molecule has 4 saturated heterocycles. The highest BCUT2D eigenvalue weighted by molar-refractivity contribution is 5.63. The Labute approximate surface area is 379 Å². The van der Waals surface area contributed by atoms with E-state index in [1.165, 1.54) is 0 Å². The maximum absolute atomic E-state index is 14.1. The summed E-state index contributed by atoms with van der Waals surface area (Å²) in [7, 11) is 3.29. The Morgan fingerprint density at radius 1 is 0.891 bits per heavy atom. The van der Waals surface area contributed by atoms with Crippen molar-refractivity contribution >= 4 is 6.16 Å². The largest absolute Gasteiger partial charge is 0.509 e. The van der Waals surface area contributed by atoms with E-state index in [1.807, 2.05) is 52.0 Å². The second-order valence-corrected chi connectivity index (χ2v) is 19.4. The number of nitrogens with two attached hydrogens (primary N) is 1. The van der Waals surface area contributed by atoms with Crippen molar-refractivity contribution in [3.8, 4) is 0 Å². The Morgan fingerprint density at radius 2 is 1.58 bits per heavy atom. The van der Waals surface area contributed by atoms with Gasteiger partial charge < -0.3 is 57.2 Å². The molecule has 15 heteroatoms.